The molecule has 1 aliphatic rings. The van der Waals surface area contributed by atoms with Crippen molar-refractivity contribution in [3.63, 3.8) is 0 Å². The molecule has 2 atom stereocenters. The Morgan fingerprint density at radius 3 is 2.91 bits per heavy atom. The Balaban J connectivity index is 1.38. The van der Waals surface area contributed by atoms with Crippen molar-refractivity contribution in [1.29, 1.82) is 0 Å². The molecule has 32 heavy (non-hydrogen) atoms. The summed E-state index contributed by atoms with van der Waals surface area (Å²) in [5.74, 6) is -0.117. The van der Waals surface area contributed by atoms with E-state index in [0.717, 1.165) is 18.5 Å². The van der Waals surface area contributed by atoms with Gasteiger partial charge in [0.2, 0.25) is 0 Å². The summed E-state index contributed by atoms with van der Waals surface area (Å²) in [6, 6.07) is 2.40. The summed E-state index contributed by atoms with van der Waals surface area (Å²) < 4.78 is 51.4. The number of alkyl halides is 3. The lowest BCUT2D eigenvalue weighted by Gasteiger charge is -2.11. The highest BCUT2D eigenvalue weighted by Crippen LogP contribution is 2.39. The highest BCUT2D eigenvalue weighted by molar-refractivity contribution is 6.02. The second-order valence-corrected chi connectivity index (χ2v) is 7.35. The molecule has 4 heterocycles. The molecule has 2 unspecified atom stereocenters. The lowest BCUT2D eigenvalue weighted by molar-refractivity contribution is -0.138. The lowest BCUT2D eigenvalue weighted by atomic mass is 10.1. The molecular formula is C20H19F3N6O3. The minimum absolute atomic E-state index is 0.0376. The monoisotopic (exact) mass is 448 g/mol. The van der Waals surface area contributed by atoms with E-state index in [1.807, 2.05) is 31.3 Å². The summed E-state index contributed by atoms with van der Waals surface area (Å²) in [7, 11) is 3.78. The molecule has 0 spiro atoms. The van der Waals surface area contributed by atoms with Gasteiger partial charge in [-0.25, -0.2) is 0 Å². The van der Waals surface area contributed by atoms with Gasteiger partial charge >= 0.3 is 6.18 Å². The maximum atomic E-state index is 13.1. The van der Waals surface area contributed by atoms with Crippen molar-refractivity contribution < 1.29 is 27.2 Å². The van der Waals surface area contributed by atoms with Gasteiger partial charge in [0, 0.05) is 44.3 Å². The third-order valence-corrected chi connectivity index (χ3v) is 4.57. The van der Waals surface area contributed by atoms with Crippen molar-refractivity contribution in [2.45, 2.75) is 24.9 Å². The number of pyridine rings is 1. The SMILES string of the molecule is CN(C)/C=C/C1OC1c1cc(C(=O)Nc2cnn(Cc3cnccc3C(F)(F)F)c2)no1. The number of amides is 1. The van der Waals surface area contributed by atoms with E-state index in [-0.39, 0.29) is 30.0 Å². The highest BCUT2D eigenvalue weighted by Gasteiger charge is 2.42. The molecule has 3 aromatic heterocycles. The topological polar surface area (TPSA) is 102 Å². The van der Waals surface area contributed by atoms with E-state index in [1.165, 1.54) is 23.1 Å². The third kappa shape index (κ3) is 4.97. The first-order valence-corrected chi connectivity index (χ1v) is 9.51. The van der Waals surface area contributed by atoms with Gasteiger partial charge in [-0.1, -0.05) is 5.16 Å². The standard InChI is InChI=1S/C20H19F3N6O3/c1-28(2)6-4-16-18(31-16)17-7-15(27-32-17)19(30)26-13-9-25-29(11-13)10-12-8-24-5-3-14(12)20(21,22)23/h3-9,11,16,18H,10H2,1-2H3,(H,26,30)/b6-4+. The molecule has 1 saturated heterocycles. The van der Waals surface area contributed by atoms with Crippen LogP contribution in [0.1, 0.15) is 33.5 Å². The van der Waals surface area contributed by atoms with Crippen LogP contribution in [0.5, 0.6) is 0 Å². The molecule has 1 amide bonds. The Morgan fingerprint density at radius 1 is 1.34 bits per heavy atom. The molecule has 9 nitrogen and oxygen atoms in total. The van der Waals surface area contributed by atoms with E-state index < -0.39 is 17.6 Å². The van der Waals surface area contributed by atoms with Crippen LogP contribution in [0.15, 0.2) is 53.7 Å². The van der Waals surface area contributed by atoms with Gasteiger partial charge in [-0.05, 0) is 18.3 Å². The molecule has 3 aromatic rings. The molecule has 168 valence electrons. The Kier molecular flexibility index (Phi) is 5.70. The van der Waals surface area contributed by atoms with Gasteiger partial charge in [0.05, 0.1) is 24.0 Å². The van der Waals surface area contributed by atoms with Crippen molar-refractivity contribution in [2.75, 3.05) is 19.4 Å². The number of hydrogen-bond acceptors (Lipinski definition) is 7. The fourth-order valence-electron chi connectivity index (χ4n) is 3.00. The van der Waals surface area contributed by atoms with Gasteiger partial charge in [0.1, 0.15) is 12.2 Å². The smallest absolute Gasteiger partial charge is 0.384 e. The Labute approximate surface area is 180 Å². The number of anilines is 1. The maximum Gasteiger partial charge on any atom is 0.416 e. The lowest BCUT2D eigenvalue weighted by Crippen LogP contribution is -2.13. The molecule has 0 saturated carbocycles. The number of aromatic nitrogens is 4. The zero-order chi connectivity index (χ0) is 22.9. The second-order valence-electron chi connectivity index (χ2n) is 7.35. The molecular weight excluding hydrogens is 429 g/mol. The van der Waals surface area contributed by atoms with Crippen LogP contribution >= 0.6 is 0 Å². The van der Waals surface area contributed by atoms with Gasteiger partial charge < -0.3 is 19.5 Å². The fraction of sp³-hybridized carbons (Fsp3) is 0.300. The minimum Gasteiger partial charge on any atom is -0.384 e. The Hall–Kier alpha value is -3.67. The summed E-state index contributed by atoms with van der Waals surface area (Å²) in [5, 5.41) is 10.3. The molecule has 1 fully saturated rings. The fourth-order valence-corrected chi connectivity index (χ4v) is 3.00. The number of epoxide rings is 1. The van der Waals surface area contributed by atoms with Gasteiger partial charge in [0.25, 0.3) is 5.91 Å². The zero-order valence-electron chi connectivity index (χ0n) is 17.1. The van der Waals surface area contributed by atoms with E-state index in [2.05, 4.69) is 20.6 Å². The first kappa shape index (κ1) is 21.6. The number of hydrogen-bond donors (Lipinski definition) is 1. The maximum absolute atomic E-state index is 13.1. The van der Waals surface area contributed by atoms with Crippen LogP contribution in [0.4, 0.5) is 18.9 Å². The molecule has 1 N–H and O–H groups in total. The van der Waals surface area contributed by atoms with Gasteiger partial charge in [-0.2, -0.15) is 18.3 Å². The number of nitrogens with zero attached hydrogens (tertiary/aromatic N) is 5. The quantitative estimate of drug-likeness (QED) is 0.554. The highest BCUT2D eigenvalue weighted by atomic mass is 19.4. The number of nitrogens with one attached hydrogen (secondary N) is 1. The van der Waals surface area contributed by atoms with Crippen molar-refractivity contribution in [2.24, 2.45) is 0 Å². The van der Waals surface area contributed by atoms with Crippen LogP contribution < -0.4 is 5.32 Å². The van der Waals surface area contributed by atoms with E-state index in [4.69, 9.17) is 9.26 Å². The van der Waals surface area contributed by atoms with Crippen molar-refractivity contribution >= 4 is 11.6 Å². The largest absolute Gasteiger partial charge is 0.416 e. The zero-order valence-corrected chi connectivity index (χ0v) is 17.1. The summed E-state index contributed by atoms with van der Waals surface area (Å²) in [6.45, 7) is -0.159. The number of ether oxygens (including phenoxy) is 1. The van der Waals surface area contributed by atoms with Crippen LogP contribution in [0.2, 0.25) is 0 Å². The minimum atomic E-state index is -4.50. The average molecular weight is 448 g/mol. The van der Waals surface area contributed by atoms with E-state index in [1.54, 1.807) is 0 Å². The molecule has 0 aliphatic carbocycles. The van der Waals surface area contributed by atoms with E-state index in [9.17, 15) is 18.0 Å². The van der Waals surface area contributed by atoms with Gasteiger partial charge in [0.15, 0.2) is 11.5 Å². The second kappa shape index (κ2) is 8.46. The Morgan fingerprint density at radius 2 is 2.16 bits per heavy atom. The molecule has 1 aliphatic heterocycles. The van der Waals surface area contributed by atoms with E-state index >= 15 is 0 Å². The van der Waals surface area contributed by atoms with Gasteiger partial charge in [-0.15, -0.1) is 0 Å². The normalized spacial score (nSPS) is 18.2. The average Bonchev–Trinajstić information content (AvgIpc) is 3.11. The number of carbonyl (C=O) groups is 1. The van der Waals surface area contributed by atoms with Crippen LogP contribution in [0.25, 0.3) is 0 Å². The van der Waals surface area contributed by atoms with Crippen LogP contribution in [0, 0.1) is 0 Å². The van der Waals surface area contributed by atoms with Crippen molar-refractivity contribution in [1.82, 2.24) is 24.8 Å². The summed E-state index contributed by atoms with van der Waals surface area (Å²) in [6.07, 6.45) is 3.75. The van der Waals surface area contributed by atoms with Crippen molar-refractivity contribution in [3.8, 4) is 0 Å². The molecule has 0 bridgehead atoms. The first-order chi connectivity index (χ1) is 15.2. The van der Waals surface area contributed by atoms with Crippen LogP contribution in [-0.2, 0) is 17.5 Å². The summed E-state index contributed by atoms with van der Waals surface area (Å²) in [4.78, 5) is 18.1. The molecule has 0 radical (unpaired) electrons. The summed E-state index contributed by atoms with van der Waals surface area (Å²) >= 11 is 0. The molecule has 12 heteroatoms. The predicted molar refractivity (Wildman–Crippen MR) is 105 cm³/mol. The first-order valence-electron chi connectivity index (χ1n) is 9.51. The van der Waals surface area contributed by atoms with Crippen LogP contribution in [0.3, 0.4) is 0 Å². The van der Waals surface area contributed by atoms with E-state index in [0.29, 0.717) is 11.4 Å². The molecule has 0 aromatic carbocycles. The molecule has 4 rings (SSSR count). The number of rotatable bonds is 7. The number of carbonyl (C=O) groups excluding carboxylic acids is 1. The number of halogens is 3. The third-order valence-electron chi connectivity index (χ3n) is 4.57. The van der Waals surface area contributed by atoms with Crippen LogP contribution in [-0.4, -0.2) is 50.9 Å². The van der Waals surface area contributed by atoms with Crippen molar-refractivity contribution in [3.05, 3.63) is 71.8 Å². The predicted octanol–water partition coefficient (Wildman–Crippen LogP) is 3.10. The Bertz CT molecular complexity index is 1140. The summed E-state index contributed by atoms with van der Waals surface area (Å²) in [5.41, 5.74) is -0.481. The van der Waals surface area contributed by atoms with Gasteiger partial charge in [-0.3, -0.25) is 14.5 Å².